The van der Waals surface area contributed by atoms with Crippen LogP contribution in [0.4, 0.5) is 5.69 Å². The molecule has 0 saturated carbocycles. The molecule has 2 rings (SSSR count). The molecule has 0 bridgehead atoms. The average Bonchev–Trinajstić information content (AvgIpc) is 3.19. The van der Waals surface area contributed by atoms with Crippen LogP contribution in [0.1, 0.15) is 11.8 Å². The van der Waals surface area contributed by atoms with Crippen LogP contribution in [0.15, 0.2) is 35.7 Å². The number of methoxy groups -OCH3 is 2. The predicted molar refractivity (Wildman–Crippen MR) is 106 cm³/mol. The van der Waals surface area contributed by atoms with Crippen molar-refractivity contribution in [1.82, 2.24) is 5.32 Å². The number of ether oxygens (including phenoxy) is 2. The van der Waals surface area contributed by atoms with Gasteiger partial charge in [-0.15, -0.1) is 11.3 Å². The zero-order valence-corrected chi connectivity index (χ0v) is 16.7. The number of quaternary nitrogens is 1. The molecular weight excluding hydrogens is 366 g/mol. The van der Waals surface area contributed by atoms with E-state index in [0.29, 0.717) is 30.3 Å². The van der Waals surface area contributed by atoms with Crippen molar-refractivity contribution < 1.29 is 24.0 Å². The summed E-state index contributed by atoms with van der Waals surface area (Å²) in [5.74, 6) is 0.908. The second-order valence-electron chi connectivity index (χ2n) is 5.93. The Kier molecular flexibility index (Phi) is 8.09. The standard InChI is InChI=1S/C19H25N3O4S/c1-4-22(12-18(23)20-11-15-6-5-9-27-15)13-19(24)21-14-7-8-16(25-2)17(10-14)26-3/h5-10H,4,11-13H2,1-3H3,(H,20,23)(H,21,24)/p+1. The van der Waals surface area contributed by atoms with Gasteiger partial charge in [-0.1, -0.05) is 6.07 Å². The van der Waals surface area contributed by atoms with E-state index in [1.807, 2.05) is 24.4 Å². The molecule has 0 radical (unpaired) electrons. The minimum absolute atomic E-state index is 0.0702. The van der Waals surface area contributed by atoms with E-state index in [0.717, 1.165) is 9.78 Å². The summed E-state index contributed by atoms with van der Waals surface area (Å²) < 4.78 is 10.4. The Morgan fingerprint density at radius 3 is 2.44 bits per heavy atom. The van der Waals surface area contributed by atoms with Crippen molar-refractivity contribution in [3.8, 4) is 11.5 Å². The molecule has 1 heterocycles. The van der Waals surface area contributed by atoms with E-state index in [-0.39, 0.29) is 24.9 Å². The molecule has 0 aliphatic rings. The van der Waals surface area contributed by atoms with E-state index in [1.165, 1.54) is 0 Å². The highest BCUT2D eigenvalue weighted by Crippen LogP contribution is 2.29. The molecule has 0 spiro atoms. The number of carbonyl (C=O) groups excluding carboxylic acids is 2. The summed E-state index contributed by atoms with van der Waals surface area (Å²) >= 11 is 1.60. The number of amides is 2. The number of rotatable bonds is 10. The molecule has 3 N–H and O–H groups in total. The Bertz CT molecular complexity index is 749. The summed E-state index contributed by atoms with van der Waals surface area (Å²) in [5.41, 5.74) is 0.621. The lowest BCUT2D eigenvalue weighted by molar-refractivity contribution is -0.881. The molecule has 0 aliphatic heterocycles. The largest absolute Gasteiger partial charge is 0.493 e. The minimum atomic E-state index is -0.162. The number of benzene rings is 1. The fourth-order valence-electron chi connectivity index (χ4n) is 2.55. The summed E-state index contributed by atoms with van der Waals surface area (Å²) in [6.07, 6.45) is 0. The van der Waals surface area contributed by atoms with Crippen LogP contribution in [0.3, 0.4) is 0 Å². The zero-order chi connectivity index (χ0) is 19.6. The van der Waals surface area contributed by atoms with Gasteiger partial charge in [0.1, 0.15) is 0 Å². The van der Waals surface area contributed by atoms with E-state index in [9.17, 15) is 9.59 Å². The normalized spacial score (nSPS) is 11.5. The van der Waals surface area contributed by atoms with Crippen LogP contribution < -0.4 is 25.0 Å². The fraction of sp³-hybridized carbons (Fsp3) is 0.368. The number of hydrogen-bond donors (Lipinski definition) is 3. The van der Waals surface area contributed by atoms with Crippen LogP contribution in [0, 0.1) is 0 Å². The van der Waals surface area contributed by atoms with E-state index in [4.69, 9.17) is 9.47 Å². The monoisotopic (exact) mass is 392 g/mol. The van der Waals surface area contributed by atoms with E-state index in [1.54, 1.807) is 43.8 Å². The van der Waals surface area contributed by atoms with Crippen LogP contribution in [0.2, 0.25) is 0 Å². The van der Waals surface area contributed by atoms with Gasteiger partial charge in [-0.2, -0.15) is 0 Å². The van der Waals surface area contributed by atoms with Gasteiger partial charge in [0.15, 0.2) is 24.6 Å². The maximum atomic E-state index is 12.3. The molecule has 8 heteroatoms. The Labute approximate surface area is 163 Å². The molecule has 0 aliphatic carbocycles. The SMILES string of the molecule is CC[NH+](CC(=O)NCc1cccs1)CC(=O)Nc1ccc(OC)c(OC)c1. The van der Waals surface area contributed by atoms with Gasteiger partial charge in [0.25, 0.3) is 11.8 Å². The zero-order valence-electron chi connectivity index (χ0n) is 15.8. The van der Waals surface area contributed by atoms with E-state index < -0.39 is 0 Å². The Morgan fingerprint density at radius 2 is 1.81 bits per heavy atom. The molecule has 2 amide bonds. The molecule has 7 nitrogen and oxygen atoms in total. The molecule has 1 aromatic heterocycles. The van der Waals surface area contributed by atoms with Gasteiger partial charge < -0.3 is 25.0 Å². The van der Waals surface area contributed by atoms with Gasteiger partial charge in [0.05, 0.1) is 27.3 Å². The average molecular weight is 393 g/mol. The molecule has 0 fully saturated rings. The van der Waals surface area contributed by atoms with Gasteiger partial charge in [-0.3, -0.25) is 9.59 Å². The molecule has 146 valence electrons. The van der Waals surface area contributed by atoms with E-state index >= 15 is 0 Å². The third-order valence-electron chi connectivity index (χ3n) is 4.03. The third kappa shape index (κ3) is 6.58. The van der Waals surface area contributed by atoms with Gasteiger partial charge in [0.2, 0.25) is 0 Å². The topological polar surface area (TPSA) is 81.1 Å². The van der Waals surface area contributed by atoms with Crippen LogP contribution in [0.25, 0.3) is 0 Å². The second-order valence-corrected chi connectivity index (χ2v) is 6.96. The maximum absolute atomic E-state index is 12.3. The van der Waals surface area contributed by atoms with Crippen molar-refractivity contribution in [3.05, 3.63) is 40.6 Å². The quantitative estimate of drug-likeness (QED) is 0.562. The fourth-order valence-corrected chi connectivity index (χ4v) is 3.19. The second kappa shape index (κ2) is 10.5. The van der Waals surface area contributed by atoms with Gasteiger partial charge in [-0.05, 0) is 30.5 Å². The molecule has 1 aromatic carbocycles. The first-order valence-electron chi connectivity index (χ1n) is 8.70. The molecule has 1 unspecified atom stereocenters. The molecule has 2 aromatic rings. The number of anilines is 1. The first-order chi connectivity index (χ1) is 13.0. The highest BCUT2D eigenvalue weighted by Gasteiger charge is 2.17. The van der Waals surface area contributed by atoms with Crippen molar-refractivity contribution in [2.75, 3.05) is 39.2 Å². The van der Waals surface area contributed by atoms with Gasteiger partial charge >= 0.3 is 0 Å². The summed E-state index contributed by atoms with van der Waals surface area (Å²) in [6, 6.07) is 9.12. The van der Waals surface area contributed by atoms with Crippen molar-refractivity contribution in [2.24, 2.45) is 0 Å². The first kappa shape index (κ1) is 20.7. The molecule has 27 heavy (non-hydrogen) atoms. The predicted octanol–water partition coefficient (Wildman–Crippen LogP) is 0.925. The lowest BCUT2D eigenvalue weighted by Crippen LogP contribution is -3.13. The van der Waals surface area contributed by atoms with Crippen LogP contribution in [-0.4, -0.2) is 45.7 Å². The van der Waals surface area contributed by atoms with Gasteiger partial charge in [0, 0.05) is 16.6 Å². The van der Waals surface area contributed by atoms with Crippen molar-refractivity contribution >= 4 is 28.8 Å². The number of thiophene rings is 1. The smallest absolute Gasteiger partial charge is 0.279 e. The Balaban J connectivity index is 1.84. The third-order valence-corrected chi connectivity index (χ3v) is 4.90. The molecule has 0 saturated heterocycles. The van der Waals surface area contributed by atoms with Crippen LogP contribution in [-0.2, 0) is 16.1 Å². The number of nitrogens with one attached hydrogen (secondary N) is 3. The number of carbonyl (C=O) groups is 2. The number of hydrogen-bond acceptors (Lipinski definition) is 5. The molecule has 1 atom stereocenters. The van der Waals surface area contributed by atoms with Crippen LogP contribution >= 0.6 is 11.3 Å². The summed E-state index contributed by atoms with van der Waals surface area (Å²) in [4.78, 5) is 26.4. The van der Waals surface area contributed by atoms with Crippen molar-refractivity contribution in [3.63, 3.8) is 0 Å². The lowest BCUT2D eigenvalue weighted by Gasteiger charge is -2.17. The van der Waals surface area contributed by atoms with Crippen molar-refractivity contribution in [1.29, 1.82) is 0 Å². The van der Waals surface area contributed by atoms with Crippen molar-refractivity contribution in [2.45, 2.75) is 13.5 Å². The minimum Gasteiger partial charge on any atom is -0.493 e. The highest BCUT2D eigenvalue weighted by molar-refractivity contribution is 7.09. The Hall–Kier alpha value is -2.58. The lowest BCUT2D eigenvalue weighted by atomic mass is 10.2. The maximum Gasteiger partial charge on any atom is 0.279 e. The van der Waals surface area contributed by atoms with Gasteiger partial charge in [-0.25, -0.2) is 0 Å². The summed E-state index contributed by atoms with van der Waals surface area (Å²) in [6.45, 7) is 3.60. The first-order valence-corrected chi connectivity index (χ1v) is 9.58. The summed E-state index contributed by atoms with van der Waals surface area (Å²) in [7, 11) is 3.10. The highest BCUT2D eigenvalue weighted by atomic mass is 32.1. The Morgan fingerprint density at radius 1 is 1.07 bits per heavy atom. The van der Waals surface area contributed by atoms with E-state index in [2.05, 4.69) is 10.6 Å². The van der Waals surface area contributed by atoms with Crippen LogP contribution in [0.5, 0.6) is 11.5 Å². The molecular formula is C19H26N3O4S+. The summed E-state index contributed by atoms with van der Waals surface area (Å²) in [5, 5.41) is 7.70. The number of likely N-dealkylation sites (N-methyl/N-ethyl adjacent to an activating group) is 1.